The highest BCUT2D eigenvalue weighted by atomic mass is 127. The van der Waals surface area contributed by atoms with Crippen LogP contribution in [-0.2, 0) is 0 Å². The summed E-state index contributed by atoms with van der Waals surface area (Å²) in [5.74, 6) is 0. The standard InChI is InChI=1S/C7H11IN2S/c1-7(2)3-6-5(4-9-7)10-8-11-6/h9H,3-4H2,1-2H3. The molecule has 2 aliphatic heterocycles. The van der Waals surface area contributed by atoms with Crippen LogP contribution in [0.1, 0.15) is 20.3 Å². The Kier molecular flexibility index (Phi) is 2.09. The SMILES string of the molecule is CC1(C)CC2=C(CN1)N=IS2. The van der Waals surface area contributed by atoms with Gasteiger partial charge in [0.15, 0.2) is 0 Å². The molecule has 62 valence electrons. The van der Waals surface area contributed by atoms with Crippen molar-refractivity contribution >= 4 is 28.6 Å². The fourth-order valence-electron chi connectivity index (χ4n) is 1.24. The topological polar surface area (TPSA) is 24.4 Å². The molecule has 4 heteroatoms. The predicted molar refractivity (Wildman–Crippen MR) is 57.8 cm³/mol. The van der Waals surface area contributed by atoms with E-state index in [0.29, 0.717) is 5.54 Å². The molecule has 0 aliphatic carbocycles. The summed E-state index contributed by atoms with van der Waals surface area (Å²) >= 11 is 0.0744. The number of nitrogens with one attached hydrogen (secondary N) is 1. The smallest absolute Gasteiger partial charge is 0.0713 e. The highest BCUT2D eigenvalue weighted by molar-refractivity contribution is 14.2. The van der Waals surface area contributed by atoms with Gasteiger partial charge in [0, 0.05) is 17.0 Å². The number of hydrogen-bond acceptors (Lipinski definition) is 3. The van der Waals surface area contributed by atoms with Crippen LogP contribution in [0.5, 0.6) is 0 Å². The molecule has 0 unspecified atom stereocenters. The molecule has 0 aromatic carbocycles. The minimum absolute atomic E-state index is 0.0744. The maximum Gasteiger partial charge on any atom is 0.0713 e. The third-order valence-corrected chi connectivity index (χ3v) is 5.99. The van der Waals surface area contributed by atoms with Crippen LogP contribution in [0, 0.1) is 0 Å². The maximum atomic E-state index is 4.51. The zero-order valence-corrected chi connectivity index (χ0v) is 9.62. The molecule has 2 rings (SSSR count). The minimum Gasteiger partial charge on any atom is -0.306 e. The number of halogens is 1. The lowest BCUT2D eigenvalue weighted by atomic mass is 9.96. The highest BCUT2D eigenvalue weighted by Gasteiger charge is 2.28. The average molecular weight is 282 g/mol. The Morgan fingerprint density at radius 3 is 3.27 bits per heavy atom. The predicted octanol–water partition coefficient (Wildman–Crippen LogP) is 2.79. The van der Waals surface area contributed by atoms with Crippen molar-refractivity contribution in [3.8, 4) is 0 Å². The molecular weight excluding hydrogens is 271 g/mol. The van der Waals surface area contributed by atoms with E-state index < -0.39 is 0 Å². The molecule has 0 saturated carbocycles. The summed E-state index contributed by atoms with van der Waals surface area (Å²) in [5, 5.41) is 3.48. The van der Waals surface area contributed by atoms with Crippen LogP contribution in [0.3, 0.4) is 0 Å². The van der Waals surface area contributed by atoms with Gasteiger partial charge in [-0.3, -0.25) is 0 Å². The average Bonchev–Trinajstić information content (AvgIpc) is 2.31. The van der Waals surface area contributed by atoms with E-state index in [1.807, 2.05) is 8.93 Å². The lowest BCUT2D eigenvalue weighted by molar-refractivity contribution is 0.388. The quantitative estimate of drug-likeness (QED) is 0.691. The molecule has 0 radical (unpaired) electrons. The summed E-state index contributed by atoms with van der Waals surface area (Å²) in [4.78, 5) is 1.56. The van der Waals surface area contributed by atoms with Crippen LogP contribution in [0.2, 0.25) is 0 Å². The van der Waals surface area contributed by atoms with Crippen LogP contribution < -0.4 is 5.32 Å². The molecule has 2 heterocycles. The summed E-state index contributed by atoms with van der Waals surface area (Å²) in [6, 6.07) is 0. The van der Waals surface area contributed by atoms with E-state index in [4.69, 9.17) is 0 Å². The lowest BCUT2D eigenvalue weighted by Gasteiger charge is -2.30. The van der Waals surface area contributed by atoms with Crippen molar-refractivity contribution in [3.05, 3.63) is 10.6 Å². The van der Waals surface area contributed by atoms with Gasteiger partial charge in [-0.05, 0) is 29.2 Å². The van der Waals surface area contributed by atoms with Crippen molar-refractivity contribution in [2.45, 2.75) is 25.8 Å². The Labute approximate surface area is 79.8 Å². The molecule has 0 amide bonds. The van der Waals surface area contributed by atoms with Gasteiger partial charge in [0.1, 0.15) is 0 Å². The van der Waals surface area contributed by atoms with Crippen molar-refractivity contribution in [2.75, 3.05) is 6.54 Å². The molecule has 0 aromatic heterocycles. The van der Waals surface area contributed by atoms with E-state index in [1.54, 1.807) is 4.91 Å². The normalized spacial score (nSPS) is 28.2. The van der Waals surface area contributed by atoms with Crippen molar-refractivity contribution in [3.63, 3.8) is 0 Å². The lowest BCUT2D eigenvalue weighted by Crippen LogP contribution is -2.43. The van der Waals surface area contributed by atoms with Crippen LogP contribution in [0.25, 0.3) is 0 Å². The third-order valence-electron chi connectivity index (χ3n) is 1.92. The molecule has 1 N–H and O–H groups in total. The first-order chi connectivity index (χ1) is 5.17. The second kappa shape index (κ2) is 2.81. The van der Waals surface area contributed by atoms with Crippen molar-refractivity contribution in [1.82, 2.24) is 5.32 Å². The Balaban J connectivity index is 2.21. The maximum absolute atomic E-state index is 4.51. The van der Waals surface area contributed by atoms with E-state index >= 15 is 0 Å². The molecular formula is C7H11IN2S. The van der Waals surface area contributed by atoms with Gasteiger partial charge in [-0.2, -0.15) is 0 Å². The second-order valence-electron chi connectivity index (χ2n) is 3.51. The van der Waals surface area contributed by atoms with Gasteiger partial charge in [0.25, 0.3) is 0 Å². The van der Waals surface area contributed by atoms with Crippen LogP contribution in [0.4, 0.5) is 0 Å². The van der Waals surface area contributed by atoms with E-state index in [9.17, 15) is 0 Å². The van der Waals surface area contributed by atoms with Gasteiger partial charge in [-0.15, -0.1) is 0 Å². The van der Waals surface area contributed by atoms with Gasteiger partial charge in [-0.25, -0.2) is 3.15 Å². The highest BCUT2D eigenvalue weighted by Crippen LogP contribution is 2.46. The van der Waals surface area contributed by atoms with Crippen molar-refractivity contribution in [2.24, 2.45) is 3.15 Å². The number of nitrogens with zero attached hydrogens (tertiary/aromatic N) is 1. The van der Waals surface area contributed by atoms with Gasteiger partial charge < -0.3 is 5.32 Å². The number of rotatable bonds is 0. The Hall–Kier alpha value is 0.580. The first-order valence-electron chi connectivity index (χ1n) is 3.67. The summed E-state index contributed by atoms with van der Waals surface area (Å²) in [6.45, 7) is 5.51. The summed E-state index contributed by atoms with van der Waals surface area (Å²) in [7, 11) is 2.01. The largest absolute Gasteiger partial charge is 0.306 e. The number of hydrogen-bond donors (Lipinski definition) is 1. The Morgan fingerprint density at radius 2 is 2.45 bits per heavy atom. The van der Waals surface area contributed by atoms with Crippen LogP contribution >= 0.6 is 28.6 Å². The molecule has 0 fully saturated rings. The molecule has 0 saturated heterocycles. The van der Waals surface area contributed by atoms with E-state index in [-0.39, 0.29) is 19.6 Å². The molecule has 2 aliphatic rings. The summed E-state index contributed by atoms with van der Waals surface area (Å²) < 4.78 is 4.51. The fourth-order valence-corrected chi connectivity index (χ4v) is 5.64. The van der Waals surface area contributed by atoms with Gasteiger partial charge in [0.05, 0.1) is 25.3 Å². The Morgan fingerprint density at radius 1 is 1.64 bits per heavy atom. The molecule has 0 spiro atoms. The van der Waals surface area contributed by atoms with Crippen molar-refractivity contribution in [1.29, 1.82) is 0 Å². The second-order valence-corrected chi connectivity index (χ2v) is 7.29. The summed E-state index contributed by atoms with van der Waals surface area (Å²) in [6.07, 6.45) is 1.18. The Bertz CT molecular complexity index is 245. The van der Waals surface area contributed by atoms with E-state index in [1.165, 1.54) is 12.1 Å². The van der Waals surface area contributed by atoms with Crippen molar-refractivity contribution < 1.29 is 0 Å². The molecule has 0 atom stereocenters. The monoisotopic (exact) mass is 282 g/mol. The van der Waals surface area contributed by atoms with Gasteiger partial charge >= 0.3 is 0 Å². The van der Waals surface area contributed by atoms with Crippen LogP contribution in [0.15, 0.2) is 13.7 Å². The first-order valence-corrected chi connectivity index (χ1v) is 7.99. The van der Waals surface area contributed by atoms with Gasteiger partial charge in [-0.1, -0.05) is 0 Å². The molecule has 2 nitrogen and oxygen atoms in total. The fraction of sp³-hybridized carbons (Fsp3) is 0.714. The zero-order chi connectivity index (χ0) is 7.90. The van der Waals surface area contributed by atoms with E-state index in [0.717, 1.165) is 6.54 Å². The molecule has 11 heavy (non-hydrogen) atoms. The molecule has 0 bridgehead atoms. The summed E-state index contributed by atoms with van der Waals surface area (Å²) in [5.41, 5.74) is 1.65. The molecule has 0 aromatic rings. The zero-order valence-electron chi connectivity index (χ0n) is 6.65. The first kappa shape index (κ1) is 8.19. The minimum atomic E-state index is 0.0744. The third kappa shape index (κ3) is 1.67. The van der Waals surface area contributed by atoms with Gasteiger partial charge in [0.2, 0.25) is 0 Å². The van der Waals surface area contributed by atoms with Crippen LogP contribution in [-0.4, -0.2) is 12.1 Å². The van der Waals surface area contributed by atoms with E-state index in [2.05, 4.69) is 22.3 Å².